The molecule has 0 aliphatic carbocycles. The highest BCUT2D eigenvalue weighted by Gasteiger charge is 2.12. The Morgan fingerprint density at radius 1 is 1.42 bits per heavy atom. The summed E-state index contributed by atoms with van der Waals surface area (Å²) in [5.41, 5.74) is 2.97. The Morgan fingerprint density at radius 2 is 2.21 bits per heavy atom. The number of ether oxygens (including phenoxy) is 1. The van der Waals surface area contributed by atoms with Crippen molar-refractivity contribution in [3.8, 4) is 5.75 Å². The second kappa shape index (κ2) is 5.56. The minimum atomic E-state index is -0.998. The summed E-state index contributed by atoms with van der Waals surface area (Å²) in [7, 11) is 1.64. The highest BCUT2D eigenvalue weighted by Crippen LogP contribution is 2.19. The predicted octanol–water partition coefficient (Wildman–Crippen LogP) is 2.21. The molecule has 0 radical (unpaired) electrons. The molecule has 0 aliphatic rings. The van der Waals surface area contributed by atoms with Crippen molar-refractivity contribution in [1.82, 2.24) is 9.97 Å². The largest absolute Gasteiger partial charge is 0.496 e. The second-order valence-electron chi connectivity index (χ2n) is 4.34. The molecule has 5 heteroatoms. The monoisotopic (exact) mass is 260 g/mol. The van der Waals surface area contributed by atoms with Crippen LogP contribution in [0.25, 0.3) is 0 Å². The van der Waals surface area contributed by atoms with Crippen molar-refractivity contribution in [3.05, 3.63) is 47.0 Å². The highest BCUT2D eigenvalue weighted by molar-refractivity contribution is 5.86. The first-order valence-corrected chi connectivity index (χ1v) is 6.01. The Balaban J connectivity index is 2.08. The third-order valence-electron chi connectivity index (χ3n) is 3.04. The summed E-state index contributed by atoms with van der Waals surface area (Å²) in [5, 5.41) is 8.97. The number of benzene rings is 1. The highest BCUT2D eigenvalue weighted by atomic mass is 16.5. The molecule has 0 atom stereocenters. The molecular weight excluding hydrogens is 244 g/mol. The smallest absolute Gasteiger partial charge is 0.356 e. The van der Waals surface area contributed by atoms with Crippen LogP contribution in [0.5, 0.6) is 5.75 Å². The van der Waals surface area contributed by atoms with Gasteiger partial charge in [-0.2, -0.15) is 0 Å². The number of aromatic amines is 1. The number of methoxy groups -OCH3 is 1. The van der Waals surface area contributed by atoms with Crippen LogP contribution >= 0.6 is 0 Å². The molecule has 1 aromatic heterocycles. The van der Waals surface area contributed by atoms with E-state index in [1.165, 1.54) is 6.33 Å². The van der Waals surface area contributed by atoms with E-state index in [1.807, 2.05) is 19.1 Å². The molecular formula is C14H16N2O3. The number of aromatic carboxylic acids is 1. The first-order valence-electron chi connectivity index (χ1n) is 6.01. The average Bonchev–Trinajstić information content (AvgIpc) is 2.85. The number of carboxylic acid groups (broad SMARTS) is 1. The maximum absolute atomic E-state index is 10.9. The minimum Gasteiger partial charge on any atom is -0.496 e. The maximum atomic E-state index is 10.9. The van der Waals surface area contributed by atoms with Crippen LogP contribution in [0.1, 0.15) is 27.3 Å². The normalized spacial score (nSPS) is 10.4. The van der Waals surface area contributed by atoms with Gasteiger partial charge in [-0.25, -0.2) is 9.78 Å². The van der Waals surface area contributed by atoms with Gasteiger partial charge in [0.25, 0.3) is 0 Å². The van der Waals surface area contributed by atoms with Crippen LogP contribution in [0.15, 0.2) is 24.5 Å². The number of imidazole rings is 1. The van der Waals surface area contributed by atoms with Crippen molar-refractivity contribution in [2.75, 3.05) is 7.11 Å². The van der Waals surface area contributed by atoms with Crippen LogP contribution in [-0.2, 0) is 12.8 Å². The Bertz CT molecular complexity index is 590. The second-order valence-corrected chi connectivity index (χ2v) is 4.34. The fourth-order valence-electron chi connectivity index (χ4n) is 2.06. The summed E-state index contributed by atoms with van der Waals surface area (Å²) in [6.45, 7) is 1.99. The standard InChI is InChI=1S/C14H16N2O3/c1-9-7-10(4-6-12(9)19-2)3-5-11-13(14(17)18)16-8-15-11/h4,6-8H,3,5H2,1-2H3,(H,15,16)(H,17,18). The van der Waals surface area contributed by atoms with E-state index in [2.05, 4.69) is 16.0 Å². The molecule has 0 spiro atoms. The zero-order chi connectivity index (χ0) is 13.8. The molecule has 5 nitrogen and oxygen atoms in total. The zero-order valence-corrected chi connectivity index (χ0v) is 10.9. The molecule has 2 aromatic rings. The number of rotatable bonds is 5. The number of hydrogen-bond donors (Lipinski definition) is 2. The third kappa shape index (κ3) is 2.93. The lowest BCUT2D eigenvalue weighted by Crippen LogP contribution is -2.03. The first kappa shape index (κ1) is 13.1. The molecule has 100 valence electrons. The third-order valence-corrected chi connectivity index (χ3v) is 3.04. The van der Waals surface area contributed by atoms with Crippen molar-refractivity contribution in [2.45, 2.75) is 19.8 Å². The topological polar surface area (TPSA) is 75.2 Å². The van der Waals surface area contributed by atoms with E-state index in [0.717, 1.165) is 23.3 Å². The van der Waals surface area contributed by atoms with Gasteiger partial charge in [-0.1, -0.05) is 12.1 Å². The summed E-state index contributed by atoms with van der Waals surface area (Å²) >= 11 is 0. The van der Waals surface area contributed by atoms with Gasteiger partial charge in [-0.05, 0) is 37.0 Å². The molecule has 2 N–H and O–H groups in total. The van der Waals surface area contributed by atoms with Crippen molar-refractivity contribution in [1.29, 1.82) is 0 Å². The molecule has 0 aliphatic heterocycles. The van der Waals surface area contributed by atoms with Crippen molar-refractivity contribution < 1.29 is 14.6 Å². The summed E-state index contributed by atoms with van der Waals surface area (Å²) in [5.74, 6) is -0.140. The van der Waals surface area contributed by atoms with Gasteiger partial charge < -0.3 is 14.8 Å². The molecule has 19 heavy (non-hydrogen) atoms. The molecule has 0 fully saturated rings. The summed E-state index contributed by atoms with van der Waals surface area (Å²) in [6.07, 6.45) is 2.79. The predicted molar refractivity (Wildman–Crippen MR) is 70.7 cm³/mol. The van der Waals surface area contributed by atoms with E-state index in [1.54, 1.807) is 7.11 Å². The van der Waals surface area contributed by atoms with Gasteiger partial charge in [0.15, 0.2) is 5.69 Å². The Labute approximate surface area is 111 Å². The van der Waals surface area contributed by atoms with Crippen LogP contribution in [0.4, 0.5) is 0 Å². The summed E-state index contributed by atoms with van der Waals surface area (Å²) < 4.78 is 5.21. The fourth-order valence-corrected chi connectivity index (χ4v) is 2.06. The summed E-state index contributed by atoms with van der Waals surface area (Å²) in [6, 6.07) is 5.97. The fraction of sp³-hybridized carbons (Fsp3) is 0.286. The van der Waals surface area contributed by atoms with Gasteiger partial charge >= 0.3 is 5.97 Å². The molecule has 1 aromatic carbocycles. The number of hydrogen-bond acceptors (Lipinski definition) is 3. The van der Waals surface area contributed by atoms with Gasteiger partial charge in [0.2, 0.25) is 0 Å². The van der Waals surface area contributed by atoms with Crippen LogP contribution < -0.4 is 4.74 Å². The van der Waals surface area contributed by atoms with E-state index in [0.29, 0.717) is 12.1 Å². The Hall–Kier alpha value is -2.30. The number of aromatic nitrogens is 2. The van der Waals surface area contributed by atoms with Crippen LogP contribution in [0, 0.1) is 6.92 Å². The van der Waals surface area contributed by atoms with E-state index in [-0.39, 0.29) is 5.69 Å². The minimum absolute atomic E-state index is 0.102. The van der Waals surface area contributed by atoms with Gasteiger partial charge in [0.1, 0.15) is 5.75 Å². The molecule has 2 rings (SSSR count). The number of nitrogens with one attached hydrogen (secondary N) is 1. The van der Waals surface area contributed by atoms with Gasteiger partial charge in [0.05, 0.1) is 13.4 Å². The Morgan fingerprint density at radius 3 is 2.84 bits per heavy atom. The van der Waals surface area contributed by atoms with Gasteiger partial charge in [0, 0.05) is 5.69 Å². The lowest BCUT2D eigenvalue weighted by Gasteiger charge is -2.07. The molecule has 1 heterocycles. The lowest BCUT2D eigenvalue weighted by atomic mass is 10.0. The zero-order valence-electron chi connectivity index (χ0n) is 10.9. The van der Waals surface area contributed by atoms with Crippen LogP contribution in [0.3, 0.4) is 0 Å². The maximum Gasteiger partial charge on any atom is 0.356 e. The number of nitrogens with zero attached hydrogens (tertiary/aromatic N) is 1. The van der Waals surface area contributed by atoms with E-state index in [4.69, 9.17) is 9.84 Å². The number of carbonyl (C=O) groups is 1. The number of aryl methyl sites for hydroxylation is 3. The number of carboxylic acids is 1. The quantitative estimate of drug-likeness (QED) is 0.864. The summed E-state index contributed by atoms with van der Waals surface area (Å²) in [4.78, 5) is 17.6. The first-order chi connectivity index (χ1) is 9.11. The lowest BCUT2D eigenvalue weighted by molar-refractivity contribution is 0.0690. The molecule has 0 bridgehead atoms. The molecule has 0 saturated carbocycles. The van der Waals surface area contributed by atoms with Gasteiger partial charge in [-0.3, -0.25) is 0 Å². The van der Waals surface area contributed by atoms with Crippen molar-refractivity contribution in [3.63, 3.8) is 0 Å². The van der Waals surface area contributed by atoms with Crippen LogP contribution in [-0.4, -0.2) is 28.2 Å². The molecule has 0 amide bonds. The van der Waals surface area contributed by atoms with Crippen LogP contribution in [0.2, 0.25) is 0 Å². The van der Waals surface area contributed by atoms with E-state index < -0.39 is 5.97 Å². The van der Waals surface area contributed by atoms with Gasteiger partial charge in [-0.15, -0.1) is 0 Å². The molecule has 0 unspecified atom stereocenters. The van der Waals surface area contributed by atoms with Crippen molar-refractivity contribution >= 4 is 5.97 Å². The van der Waals surface area contributed by atoms with E-state index >= 15 is 0 Å². The molecule has 0 saturated heterocycles. The SMILES string of the molecule is COc1ccc(CCc2[nH]cnc2C(=O)O)cc1C. The average molecular weight is 260 g/mol. The van der Waals surface area contributed by atoms with Crippen molar-refractivity contribution in [2.24, 2.45) is 0 Å². The Kier molecular flexibility index (Phi) is 3.85. The van der Waals surface area contributed by atoms with E-state index in [9.17, 15) is 4.79 Å². The number of H-pyrrole nitrogens is 1.